The van der Waals surface area contributed by atoms with Gasteiger partial charge in [-0.3, -0.25) is 5.10 Å². The molecule has 0 saturated heterocycles. The van der Waals surface area contributed by atoms with Gasteiger partial charge in [-0.25, -0.2) is 4.98 Å². The Kier molecular flexibility index (Phi) is 4.07. The van der Waals surface area contributed by atoms with Crippen LogP contribution in [-0.2, 0) is 6.42 Å². The number of H-pyrrole nitrogens is 1. The number of aromatic amines is 1. The van der Waals surface area contributed by atoms with E-state index >= 15 is 0 Å². The molecule has 0 spiro atoms. The quantitative estimate of drug-likeness (QED) is 0.749. The molecule has 14 heavy (non-hydrogen) atoms. The first-order valence-electron chi connectivity index (χ1n) is 5.28. The molecule has 0 aliphatic rings. The van der Waals surface area contributed by atoms with Gasteiger partial charge in [-0.15, -0.1) is 0 Å². The van der Waals surface area contributed by atoms with Crippen LogP contribution in [0.1, 0.15) is 44.8 Å². The van der Waals surface area contributed by atoms with Crippen molar-refractivity contribution in [2.75, 3.05) is 6.54 Å². The van der Waals surface area contributed by atoms with Gasteiger partial charge in [0.2, 0.25) is 0 Å². The number of aryl methyl sites for hydroxylation is 1. The Hall–Kier alpha value is -0.900. The van der Waals surface area contributed by atoms with Crippen LogP contribution in [0.15, 0.2) is 0 Å². The molecular formula is C10H20N4. The third-order valence-electron chi connectivity index (χ3n) is 2.29. The van der Waals surface area contributed by atoms with Crippen molar-refractivity contribution in [1.29, 1.82) is 0 Å². The monoisotopic (exact) mass is 196 g/mol. The maximum atomic E-state index is 5.71. The zero-order valence-electron chi connectivity index (χ0n) is 9.25. The summed E-state index contributed by atoms with van der Waals surface area (Å²) in [6.07, 6.45) is 1.95. The molecule has 1 aromatic rings. The van der Waals surface area contributed by atoms with Crippen molar-refractivity contribution < 1.29 is 0 Å². The van der Waals surface area contributed by atoms with E-state index in [4.69, 9.17) is 5.73 Å². The molecule has 3 N–H and O–H groups in total. The first kappa shape index (κ1) is 11.2. The van der Waals surface area contributed by atoms with Crippen LogP contribution in [0.25, 0.3) is 0 Å². The normalized spacial score (nSPS) is 13.5. The van der Waals surface area contributed by atoms with Gasteiger partial charge in [0.15, 0.2) is 5.82 Å². The van der Waals surface area contributed by atoms with E-state index in [0.717, 1.165) is 24.5 Å². The van der Waals surface area contributed by atoms with Gasteiger partial charge in [-0.1, -0.05) is 20.8 Å². The predicted molar refractivity (Wildman–Crippen MR) is 57.0 cm³/mol. The molecule has 1 unspecified atom stereocenters. The summed E-state index contributed by atoms with van der Waals surface area (Å²) < 4.78 is 0. The fraction of sp³-hybridized carbons (Fsp3) is 0.800. The summed E-state index contributed by atoms with van der Waals surface area (Å²) in [7, 11) is 0. The number of hydrogen-bond acceptors (Lipinski definition) is 3. The van der Waals surface area contributed by atoms with Gasteiger partial charge < -0.3 is 5.73 Å². The SMILES string of the molecule is CCc1nc(C(CN)CC(C)C)n[nH]1. The predicted octanol–water partition coefficient (Wildman–Crippen LogP) is 1.46. The van der Waals surface area contributed by atoms with Crippen molar-refractivity contribution in [1.82, 2.24) is 15.2 Å². The van der Waals surface area contributed by atoms with E-state index in [2.05, 4.69) is 36.0 Å². The summed E-state index contributed by atoms with van der Waals surface area (Å²) >= 11 is 0. The number of rotatable bonds is 5. The van der Waals surface area contributed by atoms with Crippen LogP contribution in [0, 0.1) is 5.92 Å². The molecule has 0 aliphatic heterocycles. The summed E-state index contributed by atoms with van der Waals surface area (Å²) in [5.74, 6) is 2.75. The highest BCUT2D eigenvalue weighted by atomic mass is 15.2. The van der Waals surface area contributed by atoms with Crippen molar-refractivity contribution >= 4 is 0 Å². The summed E-state index contributed by atoms with van der Waals surface area (Å²) in [6, 6.07) is 0. The van der Waals surface area contributed by atoms with Crippen molar-refractivity contribution in [3.05, 3.63) is 11.6 Å². The lowest BCUT2D eigenvalue weighted by molar-refractivity contribution is 0.488. The Labute approximate surface area is 85.3 Å². The Morgan fingerprint density at radius 2 is 2.14 bits per heavy atom. The van der Waals surface area contributed by atoms with E-state index in [1.54, 1.807) is 0 Å². The molecule has 0 radical (unpaired) electrons. The second-order valence-electron chi connectivity index (χ2n) is 4.06. The summed E-state index contributed by atoms with van der Waals surface area (Å²) in [5, 5.41) is 7.12. The van der Waals surface area contributed by atoms with Crippen LogP contribution in [0.4, 0.5) is 0 Å². The Bertz CT molecular complexity index is 267. The van der Waals surface area contributed by atoms with E-state index in [-0.39, 0.29) is 0 Å². The van der Waals surface area contributed by atoms with Gasteiger partial charge in [0.1, 0.15) is 5.82 Å². The van der Waals surface area contributed by atoms with Crippen LogP contribution >= 0.6 is 0 Å². The second-order valence-corrected chi connectivity index (χ2v) is 4.06. The zero-order chi connectivity index (χ0) is 10.6. The van der Waals surface area contributed by atoms with E-state index < -0.39 is 0 Å². The van der Waals surface area contributed by atoms with Gasteiger partial charge in [0.25, 0.3) is 0 Å². The Morgan fingerprint density at radius 3 is 2.57 bits per heavy atom. The highest BCUT2D eigenvalue weighted by Gasteiger charge is 2.16. The Balaban J connectivity index is 2.68. The van der Waals surface area contributed by atoms with Gasteiger partial charge in [-0.05, 0) is 12.3 Å². The molecule has 80 valence electrons. The summed E-state index contributed by atoms with van der Waals surface area (Å²) in [5.41, 5.74) is 5.71. The van der Waals surface area contributed by atoms with Crippen LogP contribution in [0.5, 0.6) is 0 Å². The molecule has 0 aromatic carbocycles. The van der Waals surface area contributed by atoms with Crippen molar-refractivity contribution in [2.45, 2.75) is 39.5 Å². The lowest BCUT2D eigenvalue weighted by Gasteiger charge is -2.12. The van der Waals surface area contributed by atoms with Crippen LogP contribution in [0.3, 0.4) is 0 Å². The molecule has 0 aliphatic carbocycles. The number of aromatic nitrogens is 3. The van der Waals surface area contributed by atoms with E-state index in [0.29, 0.717) is 18.4 Å². The van der Waals surface area contributed by atoms with Crippen LogP contribution in [0.2, 0.25) is 0 Å². The highest BCUT2D eigenvalue weighted by molar-refractivity contribution is 4.98. The van der Waals surface area contributed by atoms with Crippen LogP contribution < -0.4 is 5.73 Å². The largest absolute Gasteiger partial charge is 0.330 e. The van der Waals surface area contributed by atoms with Crippen molar-refractivity contribution in [3.8, 4) is 0 Å². The van der Waals surface area contributed by atoms with Gasteiger partial charge in [-0.2, -0.15) is 5.10 Å². The molecule has 0 bridgehead atoms. The Morgan fingerprint density at radius 1 is 1.43 bits per heavy atom. The minimum atomic E-state index is 0.298. The maximum Gasteiger partial charge on any atom is 0.155 e. The van der Waals surface area contributed by atoms with E-state index in [1.807, 2.05) is 0 Å². The van der Waals surface area contributed by atoms with Crippen LogP contribution in [-0.4, -0.2) is 21.7 Å². The first-order chi connectivity index (χ1) is 6.67. The fourth-order valence-electron chi connectivity index (χ4n) is 1.53. The highest BCUT2D eigenvalue weighted by Crippen LogP contribution is 2.19. The summed E-state index contributed by atoms with van der Waals surface area (Å²) in [6.45, 7) is 7.06. The van der Waals surface area contributed by atoms with Gasteiger partial charge in [0.05, 0.1) is 0 Å². The van der Waals surface area contributed by atoms with E-state index in [1.165, 1.54) is 0 Å². The number of hydrogen-bond donors (Lipinski definition) is 2. The first-order valence-corrected chi connectivity index (χ1v) is 5.28. The minimum Gasteiger partial charge on any atom is -0.330 e. The molecule has 1 heterocycles. The molecule has 0 saturated carbocycles. The minimum absolute atomic E-state index is 0.298. The zero-order valence-corrected chi connectivity index (χ0v) is 9.25. The van der Waals surface area contributed by atoms with Crippen molar-refractivity contribution in [2.24, 2.45) is 11.7 Å². The lowest BCUT2D eigenvalue weighted by Crippen LogP contribution is -2.16. The molecule has 0 fully saturated rings. The topological polar surface area (TPSA) is 67.6 Å². The molecule has 1 aromatic heterocycles. The molecule has 4 nitrogen and oxygen atoms in total. The lowest BCUT2D eigenvalue weighted by atomic mass is 9.97. The average Bonchev–Trinajstić information content (AvgIpc) is 2.62. The standard InChI is InChI=1S/C10H20N4/c1-4-9-12-10(14-13-9)8(6-11)5-7(2)3/h7-8H,4-6,11H2,1-3H3,(H,12,13,14). The third-order valence-corrected chi connectivity index (χ3v) is 2.29. The molecular weight excluding hydrogens is 176 g/mol. The maximum absolute atomic E-state index is 5.71. The third kappa shape index (κ3) is 2.80. The van der Waals surface area contributed by atoms with Crippen molar-refractivity contribution in [3.63, 3.8) is 0 Å². The van der Waals surface area contributed by atoms with Gasteiger partial charge >= 0.3 is 0 Å². The number of nitrogens with one attached hydrogen (secondary N) is 1. The molecule has 1 rings (SSSR count). The smallest absolute Gasteiger partial charge is 0.155 e. The molecule has 0 amide bonds. The summed E-state index contributed by atoms with van der Waals surface area (Å²) in [4.78, 5) is 4.41. The molecule has 1 atom stereocenters. The second kappa shape index (κ2) is 5.10. The fourth-order valence-corrected chi connectivity index (χ4v) is 1.53. The number of nitrogens with two attached hydrogens (primary N) is 1. The van der Waals surface area contributed by atoms with E-state index in [9.17, 15) is 0 Å². The average molecular weight is 196 g/mol. The van der Waals surface area contributed by atoms with Gasteiger partial charge in [0, 0.05) is 18.9 Å². The molecule has 4 heteroatoms. The number of nitrogens with zero attached hydrogens (tertiary/aromatic N) is 2.